The fourth-order valence-electron chi connectivity index (χ4n) is 3.29. The number of halogens is 2. The highest BCUT2D eigenvalue weighted by atomic mass is 19.2. The van der Waals surface area contributed by atoms with E-state index in [-0.39, 0.29) is 24.9 Å². The van der Waals surface area contributed by atoms with Crippen molar-refractivity contribution in [1.29, 1.82) is 0 Å². The number of likely N-dealkylation sites (tertiary alicyclic amines) is 1. The van der Waals surface area contributed by atoms with Gasteiger partial charge < -0.3 is 16.4 Å². The van der Waals surface area contributed by atoms with Gasteiger partial charge in [0.2, 0.25) is 17.7 Å². The molecule has 0 spiro atoms. The van der Waals surface area contributed by atoms with Crippen LogP contribution in [0.5, 0.6) is 0 Å². The first-order valence-electron chi connectivity index (χ1n) is 9.93. The number of piperidine rings is 1. The number of carbonyl (C=O) groups is 4. The molecule has 3 rings (SSSR count). The van der Waals surface area contributed by atoms with Crippen molar-refractivity contribution in [3.8, 4) is 0 Å². The third kappa shape index (κ3) is 5.73. The molecule has 10 heteroatoms. The Balaban J connectivity index is 1.58. The molecule has 0 saturated carbocycles. The number of anilines is 1. The van der Waals surface area contributed by atoms with Gasteiger partial charge in [0.1, 0.15) is 12.6 Å². The number of carbonyl (C=O) groups excluding carboxylic acids is 4. The Morgan fingerprint density at radius 2 is 1.81 bits per heavy atom. The lowest BCUT2D eigenvalue weighted by Crippen LogP contribution is -2.58. The van der Waals surface area contributed by atoms with E-state index in [0.717, 1.165) is 28.7 Å². The van der Waals surface area contributed by atoms with Gasteiger partial charge in [-0.3, -0.25) is 24.1 Å². The summed E-state index contributed by atoms with van der Waals surface area (Å²) in [7, 11) is 0. The highest BCUT2D eigenvalue weighted by Crippen LogP contribution is 2.16. The van der Waals surface area contributed by atoms with Crippen LogP contribution >= 0.6 is 0 Å². The summed E-state index contributed by atoms with van der Waals surface area (Å²) in [6.45, 7) is -0.626. The van der Waals surface area contributed by atoms with Crippen molar-refractivity contribution in [2.45, 2.75) is 31.3 Å². The van der Waals surface area contributed by atoms with Gasteiger partial charge in [0.15, 0.2) is 11.6 Å². The zero-order chi connectivity index (χ0) is 23.3. The summed E-state index contributed by atoms with van der Waals surface area (Å²) in [4.78, 5) is 50.3. The smallest absolute Gasteiger partial charge is 0.252 e. The topological polar surface area (TPSA) is 122 Å². The second-order valence-corrected chi connectivity index (χ2v) is 7.39. The number of nitrogens with one attached hydrogen (secondary N) is 2. The summed E-state index contributed by atoms with van der Waals surface area (Å²) in [6, 6.07) is 9.99. The van der Waals surface area contributed by atoms with Gasteiger partial charge >= 0.3 is 0 Å². The predicted molar refractivity (Wildman–Crippen MR) is 111 cm³/mol. The number of nitrogens with two attached hydrogens (primary N) is 1. The summed E-state index contributed by atoms with van der Waals surface area (Å²) >= 11 is 0. The van der Waals surface area contributed by atoms with Gasteiger partial charge in [-0.15, -0.1) is 0 Å². The molecule has 4 amide bonds. The van der Waals surface area contributed by atoms with Crippen LogP contribution in [-0.2, 0) is 25.6 Å². The Labute approximate surface area is 182 Å². The van der Waals surface area contributed by atoms with Gasteiger partial charge in [0, 0.05) is 18.2 Å². The van der Waals surface area contributed by atoms with Crippen LogP contribution in [0.15, 0.2) is 48.5 Å². The van der Waals surface area contributed by atoms with Crippen LogP contribution in [0.25, 0.3) is 0 Å². The van der Waals surface area contributed by atoms with E-state index in [1.54, 1.807) is 0 Å². The van der Waals surface area contributed by atoms with Gasteiger partial charge in [-0.25, -0.2) is 8.78 Å². The molecule has 0 unspecified atom stereocenters. The molecule has 2 aromatic carbocycles. The molecule has 1 fully saturated rings. The molecule has 32 heavy (non-hydrogen) atoms. The Bertz CT molecular complexity index is 1030. The molecular formula is C22H22F2N4O4. The van der Waals surface area contributed by atoms with E-state index in [9.17, 15) is 28.0 Å². The average molecular weight is 444 g/mol. The maximum absolute atomic E-state index is 13.3. The van der Waals surface area contributed by atoms with Crippen LogP contribution in [0, 0.1) is 11.6 Å². The molecule has 0 bridgehead atoms. The lowest BCUT2D eigenvalue weighted by molar-refractivity contribution is -0.152. The molecule has 0 aliphatic carbocycles. The Hall–Kier alpha value is -3.66. The zero-order valence-electron chi connectivity index (χ0n) is 17.0. The number of hydrogen-bond donors (Lipinski definition) is 3. The summed E-state index contributed by atoms with van der Waals surface area (Å²) in [5.41, 5.74) is 6.77. The van der Waals surface area contributed by atoms with Crippen LogP contribution < -0.4 is 16.4 Å². The van der Waals surface area contributed by atoms with Crippen molar-refractivity contribution in [3.05, 3.63) is 65.7 Å². The van der Waals surface area contributed by atoms with E-state index in [1.807, 2.05) is 30.3 Å². The molecule has 0 aromatic heterocycles. The fraction of sp³-hybridized carbons (Fsp3) is 0.273. The molecule has 4 N–H and O–H groups in total. The monoisotopic (exact) mass is 444 g/mol. The lowest BCUT2D eigenvalue weighted by atomic mass is 10.0. The summed E-state index contributed by atoms with van der Waals surface area (Å²) in [5.74, 6) is -4.86. The zero-order valence-corrected chi connectivity index (χ0v) is 17.0. The van der Waals surface area contributed by atoms with Gasteiger partial charge in [-0.05, 0) is 30.5 Å². The van der Waals surface area contributed by atoms with Crippen LogP contribution in [-0.4, -0.2) is 47.2 Å². The minimum Gasteiger partial charge on any atom is -0.343 e. The first-order chi connectivity index (χ1) is 15.2. The van der Waals surface area contributed by atoms with E-state index >= 15 is 0 Å². The molecule has 2 atom stereocenters. The number of amides is 4. The minimum atomic E-state index is -1.15. The maximum atomic E-state index is 13.3. The van der Waals surface area contributed by atoms with E-state index < -0.39 is 53.9 Å². The average Bonchev–Trinajstić information content (AvgIpc) is 2.76. The molecule has 8 nitrogen and oxygen atoms in total. The quantitative estimate of drug-likeness (QED) is 0.553. The van der Waals surface area contributed by atoms with Gasteiger partial charge in [0.25, 0.3) is 5.91 Å². The maximum Gasteiger partial charge on any atom is 0.252 e. The molecule has 1 aliphatic rings. The van der Waals surface area contributed by atoms with Gasteiger partial charge in [-0.2, -0.15) is 0 Å². The van der Waals surface area contributed by atoms with Crippen molar-refractivity contribution in [1.82, 2.24) is 10.2 Å². The number of rotatable bonds is 7. The van der Waals surface area contributed by atoms with Crippen molar-refractivity contribution in [2.75, 3.05) is 11.9 Å². The molecular weight excluding hydrogens is 422 g/mol. The lowest BCUT2D eigenvalue weighted by Gasteiger charge is -2.31. The number of nitrogens with zero attached hydrogens (tertiary/aromatic N) is 1. The Kier molecular flexibility index (Phi) is 7.26. The molecule has 0 radical (unpaired) electrons. The highest BCUT2D eigenvalue weighted by Gasteiger charge is 2.36. The van der Waals surface area contributed by atoms with Gasteiger partial charge in [0.05, 0.1) is 6.04 Å². The molecule has 1 heterocycles. The minimum absolute atomic E-state index is 0.0254. The van der Waals surface area contributed by atoms with Gasteiger partial charge in [-0.1, -0.05) is 30.3 Å². The van der Waals surface area contributed by atoms with Crippen molar-refractivity contribution in [3.63, 3.8) is 0 Å². The molecule has 1 saturated heterocycles. The van der Waals surface area contributed by atoms with Crippen LogP contribution in [0.3, 0.4) is 0 Å². The molecule has 168 valence electrons. The van der Waals surface area contributed by atoms with Crippen molar-refractivity contribution >= 4 is 29.3 Å². The molecule has 2 aromatic rings. The summed E-state index contributed by atoms with van der Waals surface area (Å²) in [5, 5.41) is 4.85. The fourth-order valence-corrected chi connectivity index (χ4v) is 3.29. The molecule has 1 aliphatic heterocycles. The van der Waals surface area contributed by atoms with E-state index in [2.05, 4.69) is 10.6 Å². The second kappa shape index (κ2) is 10.1. The summed E-state index contributed by atoms with van der Waals surface area (Å²) in [6.07, 6.45) is 0.304. The van der Waals surface area contributed by atoms with Crippen molar-refractivity contribution in [2.24, 2.45) is 5.73 Å². The van der Waals surface area contributed by atoms with Crippen LogP contribution in [0.2, 0.25) is 0 Å². The Morgan fingerprint density at radius 1 is 1.09 bits per heavy atom. The largest absolute Gasteiger partial charge is 0.343 e. The number of imide groups is 1. The highest BCUT2D eigenvalue weighted by molar-refractivity contribution is 6.06. The predicted octanol–water partition coefficient (Wildman–Crippen LogP) is 1.11. The van der Waals surface area contributed by atoms with Crippen molar-refractivity contribution < 1.29 is 28.0 Å². The first-order valence-corrected chi connectivity index (χ1v) is 9.93. The first kappa shape index (κ1) is 23.0. The SMILES string of the molecule is N[C@@H](Cc1ccccc1)C(=O)N[C@H]1CCC(=O)N(CC(=O)Nc2ccc(F)c(F)c2)C1=O. The van der Waals surface area contributed by atoms with E-state index in [0.29, 0.717) is 0 Å². The third-order valence-electron chi connectivity index (χ3n) is 4.97. The van der Waals surface area contributed by atoms with E-state index in [4.69, 9.17) is 5.73 Å². The second-order valence-electron chi connectivity index (χ2n) is 7.39. The van der Waals surface area contributed by atoms with E-state index in [1.165, 1.54) is 0 Å². The van der Waals surface area contributed by atoms with Crippen LogP contribution in [0.1, 0.15) is 18.4 Å². The van der Waals surface area contributed by atoms with Crippen LogP contribution in [0.4, 0.5) is 14.5 Å². The standard InChI is InChI=1S/C22H22F2N4O4/c23-15-7-6-14(11-16(15)24)26-19(29)12-28-20(30)9-8-18(22(28)32)27-21(31)17(25)10-13-4-2-1-3-5-13/h1-7,11,17-18H,8-10,12,25H2,(H,26,29)(H,27,31)/t17-,18-/m0/s1. The summed E-state index contributed by atoms with van der Waals surface area (Å²) < 4.78 is 26.3. The number of benzene rings is 2. The normalized spacial score (nSPS) is 17.1. The Morgan fingerprint density at radius 3 is 2.50 bits per heavy atom. The third-order valence-corrected chi connectivity index (χ3v) is 4.97. The number of hydrogen-bond acceptors (Lipinski definition) is 5.